The van der Waals surface area contributed by atoms with Crippen LogP contribution in [0.1, 0.15) is 34.8 Å². The lowest BCUT2D eigenvalue weighted by molar-refractivity contribution is -0.0581. The first-order valence-corrected chi connectivity index (χ1v) is 7.24. The SMILES string of the molecule is CN1CC2(CN(C(=O)c3cn(C)nc3C3CC3)C2)OC1=O. The second-order valence-electron chi connectivity index (χ2n) is 6.44. The van der Waals surface area contributed by atoms with Crippen LogP contribution in [0.25, 0.3) is 0 Å². The summed E-state index contributed by atoms with van der Waals surface area (Å²) >= 11 is 0. The number of aryl methyl sites for hydroxylation is 1. The van der Waals surface area contributed by atoms with Gasteiger partial charge in [-0.1, -0.05) is 0 Å². The van der Waals surface area contributed by atoms with E-state index in [9.17, 15) is 9.59 Å². The second-order valence-corrected chi connectivity index (χ2v) is 6.44. The first-order chi connectivity index (χ1) is 9.97. The molecule has 2 saturated heterocycles. The highest BCUT2D eigenvalue weighted by Gasteiger charge is 2.54. The predicted molar refractivity (Wildman–Crippen MR) is 72.9 cm³/mol. The van der Waals surface area contributed by atoms with Crippen molar-refractivity contribution in [2.75, 3.05) is 26.7 Å². The van der Waals surface area contributed by atoms with Gasteiger partial charge >= 0.3 is 6.09 Å². The highest BCUT2D eigenvalue weighted by atomic mass is 16.6. The number of likely N-dealkylation sites (N-methyl/N-ethyl adjacent to an activating group) is 1. The Morgan fingerprint density at radius 2 is 2.05 bits per heavy atom. The number of hydrogen-bond acceptors (Lipinski definition) is 4. The van der Waals surface area contributed by atoms with Crippen molar-refractivity contribution in [2.24, 2.45) is 7.05 Å². The molecule has 1 saturated carbocycles. The highest BCUT2D eigenvalue weighted by molar-refractivity contribution is 5.96. The summed E-state index contributed by atoms with van der Waals surface area (Å²) in [6.07, 6.45) is 3.73. The van der Waals surface area contributed by atoms with Crippen LogP contribution >= 0.6 is 0 Å². The molecular formula is C14H18N4O3. The lowest BCUT2D eigenvalue weighted by Gasteiger charge is -2.45. The van der Waals surface area contributed by atoms with Crippen LogP contribution in [0.2, 0.25) is 0 Å². The maximum absolute atomic E-state index is 12.6. The molecule has 4 rings (SSSR count). The van der Waals surface area contributed by atoms with E-state index in [-0.39, 0.29) is 12.0 Å². The van der Waals surface area contributed by atoms with Crippen LogP contribution in [0.15, 0.2) is 6.20 Å². The smallest absolute Gasteiger partial charge is 0.410 e. The van der Waals surface area contributed by atoms with E-state index in [4.69, 9.17) is 4.74 Å². The van der Waals surface area contributed by atoms with Gasteiger partial charge in [0.2, 0.25) is 0 Å². The minimum atomic E-state index is -0.497. The molecule has 3 aliphatic rings. The van der Waals surface area contributed by atoms with Crippen LogP contribution in [0.4, 0.5) is 4.79 Å². The van der Waals surface area contributed by atoms with E-state index in [1.54, 1.807) is 27.7 Å². The summed E-state index contributed by atoms with van der Waals surface area (Å²) in [5, 5.41) is 4.42. The third-order valence-electron chi connectivity index (χ3n) is 4.44. The second kappa shape index (κ2) is 3.99. The molecule has 0 bridgehead atoms. The van der Waals surface area contributed by atoms with Crippen LogP contribution in [-0.4, -0.2) is 63.9 Å². The van der Waals surface area contributed by atoms with Gasteiger partial charge < -0.3 is 14.5 Å². The van der Waals surface area contributed by atoms with Crippen LogP contribution in [-0.2, 0) is 11.8 Å². The fraction of sp³-hybridized carbons (Fsp3) is 0.643. The molecule has 1 aromatic heterocycles. The number of likely N-dealkylation sites (tertiary alicyclic amines) is 1. The first-order valence-electron chi connectivity index (χ1n) is 7.24. The van der Waals surface area contributed by atoms with E-state index in [1.807, 2.05) is 7.05 Å². The van der Waals surface area contributed by atoms with Crippen molar-refractivity contribution in [1.29, 1.82) is 0 Å². The molecule has 0 aromatic carbocycles. The molecule has 1 aliphatic carbocycles. The summed E-state index contributed by atoms with van der Waals surface area (Å²) in [6, 6.07) is 0. The molecule has 7 nitrogen and oxygen atoms in total. The molecular weight excluding hydrogens is 272 g/mol. The Morgan fingerprint density at radius 3 is 2.62 bits per heavy atom. The summed E-state index contributed by atoms with van der Waals surface area (Å²) < 4.78 is 7.09. The molecule has 0 N–H and O–H groups in total. The third kappa shape index (κ3) is 1.91. The molecule has 7 heteroatoms. The number of carbonyl (C=O) groups excluding carboxylic acids is 2. The standard InChI is InChI=1S/C14H18N4O3/c1-16-6-14(21-13(16)20)7-18(8-14)12(19)10-5-17(2)15-11(10)9-3-4-9/h5,9H,3-4,6-8H2,1-2H3. The Kier molecular flexibility index (Phi) is 2.41. The molecule has 0 atom stereocenters. The van der Waals surface area contributed by atoms with Crippen molar-refractivity contribution in [3.05, 3.63) is 17.5 Å². The molecule has 1 spiro atoms. The zero-order chi connectivity index (χ0) is 14.8. The topological polar surface area (TPSA) is 67.7 Å². The number of aromatic nitrogens is 2. The lowest BCUT2D eigenvalue weighted by Crippen LogP contribution is -2.65. The zero-order valence-electron chi connectivity index (χ0n) is 12.2. The highest BCUT2D eigenvalue weighted by Crippen LogP contribution is 2.41. The van der Waals surface area contributed by atoms with E-state index < -0.39 is 5.60 Å². The van der Waals surface area contributed by atoms with E-state index in [1.165, 1.54) is 0 Å². The van der Waals surface area contributed by atoms with Crippen molar-refractivity contribution >= 4 is 12.0 Å². The summed E-state index contributed by atoms with van der Waals surface area (Å²) in [5.74, 6) is 0.442. The number of hydrogen-bond donors (Lipinski definition) is 0. The quantitative estimate of drug-likeness (QED) is 0.799. The minimum absolute atomic E-state index is 0.00114. The Morgan fingerprint density at radius 1 is 1.33 bits per heavy atom. The summed E-state index contributed by atoms with van der Waals surface area (Å²) in [6.45, 7) is 1.50. The Labute approximate surface area is 122 Å². The lowest BCUT2D eigenvalue weighted by atomic mass is 9.93. The van der Waals surface area contributed by atoms with Crippen molar-refractivity contribution in [2.45, 2.75) is 24.4 Å². The molecule has 3 fully saturated rings. The van der Waals surface area contributed by atoms with Crippen molar-refractivity contribution in [3.8, 4) is 0 Å². The van der Waals surface area contributed by atoms with Crippen LogP contribution in [0, 0.1) is 0 Å². The van der Waals surface area contributed by atoms with Gasteiger partial charge in [0, 0.05) is 26.2 Å². The van der Waals surface area contributed by atoms with Crippen LogP contribution < -0.4 is 0 Å². The molecule has 1 aromatic rings. The monoisotopic (exact) mass is 290 g/mol. The summed E-state index contributed by atoms with van der Waals surface area (Å²) in [4.78, 5) is 27.4. The number of rotatable bonds is 2. The fourth-order valence-electron chi connectivity index (χ4n) is 3.25. The average molecular weight is 290 g/mol. The molecule has 0 radical (unpaired) electrons. The van der Waals surface area contributed by atoms with Gasteiger partial charge in [0.25, 0.3) is 5.91 Å². The van der Waals surface area contributed by atoms with E-state index in [0.29, 0.717) is 31.1 Å². The van der Waals surface area contributed by atoms with Gasteiger partial charge in [-0.15, -0.1) is 0 Å². The molecule has 21 heavy (non-hydrogen) atoms. The fourth-order valence-corrected chi connectivity index (χ4v) is 3.25. The summed E-state index contributed by atoms with van der Waals surface area (Å²) in [7, 11) is 3.56. The van der Waals surface area contributed by atoms with Crippen LogP contribution in [0.5, 0.6) is 0 Å². The van der Waals surface area contributed by atoms with Crippen molar-refractivity contribution < 1.29 is 14.3 Å². The van der Waals surface area contributed by atoms with Crippen LogP contribution in [0.3, 0.4) is 0 Å². The Bertz CT molecular complexity index is 628. The maximum Gasteiger partial charge on any atom is 0.410 e. The van der Waals surface area contributed by atoms with Crippen molar-refractivity contribution in [3.63, 3.8) is 0 Å². The first kappa shape index (κ1) is 12.7. The largest absolute Gasteiger partial charge is 0.437 e. The maximum atomic E-state index is 12.6. The Balaban J connectivity index is 1.49. The van der Waals surface area contributed by atoms with Gasteiger partial charge in [-0.3, -0.25) is 9.48 Å². The van der Waals surface area contributed by atoms with Gasteiger partial charge in [0.1, 0.15) is 0 Å². The minimum Gasteiger partial charge on any atom is -0.437 e. The third-order valence-corrected chi connectivity index (χ3v) is 4.44. The molecule has 3 heterocycles. The number of carbonyl (C=O) groups is 2. The predicted octanol–water partition coefficient (Wildman–Crippen LogP) is 0.574. The van der Waals surface area contributed by atoms with Gasteiger partial charge in [-0.2, -0.15) is 5.10 Å². The van der Waals surface area contributed by atoms with Gasteiger partial charge in [0.05, 0.1) is 30.9 Å². The molecule has 2 amide bonds. The summed E-state index contributed by atoms with van der Waals surface area (Å²) in [5.41, 5.74) is 1.13. The van der Waals surface area contributed by atoms with Gasteiger partial charge in [-0.05, 0) is 12.8 Å². The zero-order valence-corrected chi connectivity index (χ0v) is 12.2. The number of nitrogens with zero attached hydrogens (tertiary/aromatic N) is 4. The van der Waals surface area contributed by atoms with Gasteiger partial charge in [-0.25, -0.2) is 4.79 Å². The average Bonchev–Trinajstić information content (AvgIpc) is 3.10. The molecule has 0 unspecified atom stereocenters. The van der Waals surface area contributed by atoms with E-state index in [2.05, 4.69) is 5.10 Å². The molecule has 2 aliphatic heterocycles. The number of ether oxygens (including phenoxy) is 1. The number of amides is 2. The molecule has 112 valence electrons. The Hall–Kier alpha value is -2.05. The van der Waals surface area contributed by atoms with Crippen molar-refractivity contribution in [1.82, 2.24) is 19.6 Å². The van der Waals surface area contributed by atoms with Gasteiger partial charge in [0.15, 0.2) is 5.60 Å². The van der Waals surface area contributed by atoms with E-state index in [0.717, 1.165) is 18.5 Å². The van der Waals surface area contributed by atoms with E-state index >= 15 is 0 Å². The normalized spacial score (nSPS) is 23.4.